The number of rotatable bonds is 7. The molecule has 11 rings (SSSR count). The molecule has 0 aliphatic heterocycles. The first-order valence-electron chi connectivity index (χ1n) is 19.6. The van der Waals surface area contributed by atoms with Crippen LogP contribution in [0.15, 0.2) is 206 Å². The van der Waals surface area contributed by atoms with Crippen LogP contribution in [0.1, 0.15) is 12.8 Å². The number of para-hydroxylation sites is 1. The van der Waals surface area contributed by atoms with E-state index in [9.17, 15) is 0 Å². The van der Waals surface area contributed by atoms with Gasteiger partial charge in [0, 0.05) is 26.0 Å². The second-order valence-corrected chi connectivity index (χ2v) is 16.9. The van der Waals surface area contributed by atoms with E-state index >= 15 is 0 Å². The molecule has 0 radical (unpaired) electrons. The maximum absolute atomic E-state index is 2.45. The highest BCUT2D eigenvalue weighted by Crippen LogP contribution is 2.48. The lowest BCUT2D eigenvalue weighted by atomic mass is 9.84. The molecule has 1 nitrogen and oxygen atoms in total. The maximum atomic E-state index is 2.45. The summed E-state index contributed by atoms with van der Waals surface area (Å²) in [6.07, 6.45) is 8.80. The van der Waals surface area contributed by atoms with Gasteiger partial charge in [0.15, 0.2) is 0 Å². The van der Waals surface area contributed by atoms with Crippen molar-refractivity contribution in [2.45, 2.75) is 12.8 Å². The van der Waals surface area contributed by atoms with Gasteiger partial charge in [-0.1, -0.05) is 140 Å². The first-order valence-corrected chi connectivity index (χ1v) is 21.3. The number of allylic oxidation sites excluding steroid dienone is 4. The first-order chi connectivity index (χ1) is 28.2. The third-order valence-corrected chi connectivity index (χ3v) is 13.7. The summed E-state index contributed by atoms with van der Waals surface area (Å²) in [5.41, 5.74) is 8.82. The van der Waals surface area contributed by atoms with Gasteiger partial charge in [-0.15, -0.1) is 22.7 Å². The minimum atomic E-state index is 1.03. The number of anilines is 2. The molecular weight excluding hydrogens is 727 g/mol. The summed E-state index contributed by atoms with van der Waals surface area (Å²) >= 11 is 3.75. The van der Waals surface area contributed by atoms with Crippen LogP contribution < -0.4 is 4.90 Å². The minimum Gasteiger partial charge on any atom is -0.306 e. The van der Waals surface area contributed by atoms with E-state index in [1.807, 2.05) is 22.7 Å². The molecule has 270 valence electrons. The Balaban J connectivity index is 1.07. The van der Waals surface area contributed by atoms with Gasteiger partial charge in [0.25, 0.3) is 0 Å². The van der Waals surface area contributed by atoms with Crippen molar-refractivity contribution >= 4 is 76.5 Å². The fourth-order valence-corrected chi connectivity index (χ4v) is 10.8. The topological polar surface area (TPSA) is 3.24 Å². The van der Waals surface area contributed by atoms with Crippen molar-refractivity contribution in [3.63, 3.8) is 0 Å². The first kappa shape index (κ1) is 33.8. The average molecular weight is 764 g/mol. The van der Waals surface area contributed by atoms with Crippen LogP contribution in [0.3, 0.4) is 0 Å². The summed E-state index contributed by atoms with van der Waals surface area (Å²) in [4.78, 5) is 6.28. The molecule has 0 atom stereocenters. The Labute approximate surface area is 340 Å². The van der Waals surface area contributed by atoms with Gasteiger partial charge in [0.05, 0.1) is 0 Å². The van der Waals surface area contributed by atoms with Gasteiger partial charge in [-0.25, -0.2) is 0 Å². The molecule has 1 aliphatic carbocycles. The van der Waals surface area contributed by atoms with Crippen molar-refractivity contribution in [3.05, 3.63) is 206 Å². The highest BCUT2D eigenvalue weighted by Gasteiger charge is 2.21. The third kappa shape index (κ3) is 6.08. The summed E-state index contributed by atoms with van der Waals surface area (Å²) in [6, 6.07) is 67.3. The normalized spacial score (nSPS) is 12.8. The smallest absolute Gasteiger partial charge is 0.100 e. The lowest BCUT2D eigenvalue weighted by molar-refractivity contribution is 0.921. The summed E-state index contributed by atoms with van der Waals surface area (Å²) in [6.45, 7) is 0. The highest BCUT2D eigenvalue weighted by atomic mass is 32.1. The SMILES string of the molecule is C1=CCCC(N(c2ccccc2)c2ccc(-c3ccc(-c4ccc5c(-c6ccc7ccccc7c6)c6ccccc6c(-c6ccc7ccccc7c6)c5c4)s3)s2)=C1. The molecule has 0 fully saturated rings. The highest BCUT2D eigenvalue weighted by molar-refractivity contribution is 7.25. The monoisotopic (exact) mass is 763 g/mol. The summed E-state index contributed by atoms with van der Waals surface area (Å²) in [7, 11) is 0. The Hall–Kier alpha value is -6.52. The molecule has 0 N–H and O–H groups in total. The van der Waals surface area contributed by atoms with Crippen LogP contribution in [0.5, 0.6) is 0 Å². The van der Waals surface area contributed by atoms with Crippen molar-refractivity contribution in [3.8, 4) is 42.4 Å². The predicted octanol–water partition coefficient (Wildman–Crippen LogP) is 16.5. The molecule has 3 heteroatoms. The average Bonchev–Trinajstić information content (AvgIpc) is 3.97. The van der Waals surface area contributed by atoms with Crippen molar-refractivity contribution in [1.29, 1.82) is 0 Å². The van der Waals surface area contributed by atoms with Crippen LogP contribution >= 0.6 is 22.7 Å². The van der Waals surface area contributed by atoms with Crippen LogP contribution in [0.4, 0.5) is 10.7 Å². The van der Waals surface area contributed by atoms with E-state index in [-0.39, 0.29) is 0 Å². The van der Waals surface area contributed by atoms with E-state index in [0.717, 1.165) is 12.8 Å². The van der Waals surface area contributed by atoms with Gasteiger partial charge in [-0.05, 0) is 144 Å². The van der Waals surface area contributed by atoms with Gasteiger partial charge in [-0.3, -0.25) is 0 Å². The van der Waals surface area contributed by atoms with Gasteiger partial charge in [0.2, 0.25) is 0 Å². The van der Waals surface area contributed by atoms with Gasteiger partial charge >= 0.3 is 0 Å². The Morgan fingerprint density at radius 1 is 0.404 bits per heavy atom. The van der Waals surface area contributed by atoms with Gasteiger partial charge in [0.1, 0.15) is 5.00 Å². The number of hydrogen-bond acceptors (Lipinski definition) is 3. The molecule has 0 amide bonds. The molecular formula is C54H37NS2. The molecule has 0 unspecified atom stereocenters. The minimum absolute atomic E-state index is 1.03. The fourth-order valence-electron chi connectivity index (χ4n) is 8.64. The quantitative estimate of drug-likeness (QED) is 0.146. The Morgan fingerprint density at radius 2 is 0.965 bits per heavy atom. The number of benzene rings is 8. The van der Waals surface area contributed by atoms with Crippen molar-refractivity contribution in [1.82, 2.24) is 0 Å². The third-order valence-electron chi connectivity index (χ3n) is 11.3. The maximum Gasteiger partial charge on any atom is 0.100 e. The molecule has 0 saturated heterocycles. The number of fused-ring (bicyclic) bond motifs is 4. The van der Waals surface area contributed by atoms with Crippen molar-refractivity contribution in [2.24, 2.45) is 0 Å². The van der Waals surface area contributed by atoms with Gasteiger partial charge < -0.3 is 4.90 Å². The molecule has 2 heterocycles. The zero-order chi connectivity index (χ0) is 37.7. The molecule has 0 spiro atoms. The fraction of sp³-hybridized carbons (Fsp3) is 0.0370. The van der Waals surface area contributed by atoms with Crippen molar-refractivity contribution in [2.75, 3.05) is 4.90 Å². The molecule has 57 heavy (non-hydrogen) atoms. The summed E-state index contributed by atoms with van der Waals surface area (Å²) in [5, 5.41) is 11.3. The largest absolute Gasteiger partial charge is 0.306 e. The molecule has 2 aromatic heterocycles. The Morgan fingerprint density at radius 3 is 1.65 bits per heavy atom. The van der Waals surface area contributed by atoms with E-state index in [2.05, 4.69) is 205 Å². The lowest BCUT2D eigenvalue weighted by Crippen LogP contribution is -2.15. The van der Waals surface area contributed by atoms with Crippen LogP contribution in [0.2, 0.25) is 0 Å². The summed E-state index contributed by atoms with van der Waals surface area (Å²) < 4.78 is 0. The number of nitrogens with zero attached hydrogens (tertiary/aromatic N) is 1. The zero-order valence-corrected chi connectivity index (χ0v) is 32.9. The predicted molar refractivity (Wildman–Crippen MR) is 249 cm³/mol. The van der Waals surface area contributed by atoms with Crippen LogP contribution in [0.25, 0.3) is 85.5 Å². The van der Waals surface area contributed by atoms with Crippen LogP contribution in [0, 0.1) is 0 Å². The van der Waals surface area contributed by atoms with Crippen LogP contribution in [-0.4, -0.2) is 0 Å². The van der Waals surface area contributed by atoms with E-state index in [1.165, 1.54) is 102 Å². The molecule has 1 aliphatic rings. The number of hydrogen-bond donors (Lipinski definition) is 0. The van der Waals surface area contributed by atoms with Crippen LogP contribution in [-0.2, 0) is 0 Å². The Kier molecular flexibility index (Phi) is 8.42. The molecule has 8 aromatic carbocycles. The second kappa shape index (κ2) is 14.2. The van der Waals surface area contributed by atoms with Gasteiger partial charge in [-0.2, -0.15) is 0 Å². The Bertz CT molecular complexity index is 3200. The van der Waals surface area contributed by atoms with E-state index < -0.39 is 0 Å². The summed E-state index contributed by atoms with van der Waals surface area (Å²) in [5.74, 6) is 0. The van der Waals surface area contributed by atoms with E-state index in [4.69, 9.17) is 0 Å². The van der Waals surface area contributed by atoms with Crippen molar-refractivity contribution < 1.29 is 0 Å². The van der Waals surface area contributed by atoms with E-state index in [1.54, 1.807) is 0 Å². The lowest BCUT2D eigenvalue weighted by Gasteiger charge is -2.27. The molecule has 10 aromatic rings. The van der Waals surface area contributed by atoms with E-state index in [0.29, 0.717) is 0 Å². The molecule has 0 saturated carbocycles. The zero-order valence-electron chi connectivity index (χ0n) is 31.2. The standard InChI is InChI=1S/C54H37NS2/c1-3-17-43(18-4-1)55(44-19-5-2-6-20-44)52-32-31-51(57-52)50-30-29-49(56-50)40-27-28-47-48(35-40)54(42-26-24-37-14-8-10-16-39(37)34-42)46-22-12-11-21-45(46)53(47)41-25-23-36-13-7-9-15-38(36)33-41/h1-5,7-19,21-35H,6,20H2. The second-order valence-electron chi connectivity index (χ2n) is 14.8. The number of thiophene rings is 2. The molecule has 0 bridgehead atoms.